The fourth-order valence-corrected chi connectivity index (χ4v) is 3.27. The van der Waals surface area contributed by atoms with Gasteiger partial charge in [0.1, 0.15) is 11.5 Å². The summed E-state index contributed by atoms with van der Waals surface area (Å²) in [4.78, 5) is 21.6. The molecule has 1 aromatic carbocycles. The first kappa shape index (κ1) is 17.9. The Bertz CT molecular complexity index is 1170. The number of halogens is 1. The Morgan fingerprint density at radius 1 is 1.14 bits per heavy atom. The van der Waals surface area contributed by atoms with Gasteiger partial charge in [0.25, 0.3) is 5.91 Å². The molecular formula is C19H15FN6OS. The predicted molar refractivity (Wildman–Crippen MR) is 104 cm³/mol. The van der Waals surface area contributed by atoms with Crippen molar-refractivity contribution < 1.29 is 9.18 Å². The minimum Gasteiger partial charge on any atom is -0.296 e. The van der Waals surface area contributed by atoms with E-state index in [-0.39, 0.29) is 5.69 Å². The van der Waals surface area contributed by atoms with Gasteiger partial charge >= 0.3 is 0 Å². The Balaban J connectivity index is 1.56. The maximum absolute atomic E-state index is 13.5. The van der Waals surface area contributed by atoms with Crippen LogP contribution in [0.2, 0.25) is 0 Å². The van der Waals surface area contributed by atoms with Crippen molar-refractivity contribution in [3.05, 3.63) is 70.7 Å². The molecule has 0 fully saturated rings. The van der Waals surface area contributed by atoms with Gasteiger partial charge < -0.3 is 0 Å². The second kappa shape index (κ2) is 7.28. The lowest BCUT2D eigenvalue weighted by atomic mass is 10.2. The fraction of sp³-hybridized carbons (Fsp3) is 0.105. The average molecular weight is 394 g/mol. The van der Waals surface area contributed by atoms with Crippen LogP contribution in [0.4, 0.5) is 9.52 Å². The molecule has 0 radical (unpaired) electrons. The summed E-state index contributed by atoms with van der Waals surface area (Å²) in [6, 6.07) is 9.65. The predicted octanol–water partition coefficient (Wildman–Crippen LogP) is 3.79. The van der Waals surface area contributed by atoms with Gasteiger partial charge in [-0.25, -0.2) is 14.1 Å². The molecule has 0 aliphatic rings. The number of amides is 1. The summed E-state index contributed by atoms with van der Waals surface area (Å²) in [5.74, 6) is -0.868. The zero-order valence-corrected chi connectivity index (χ0v) is 15.9. The Hall–Kier alpha value is -3.46. The molecule has 4 aromatic rings. The van der Waals surface area contributed by atoms with E-state index in [1.807, 2.05) is 31.4 Å². The van der Waals surface area contributed by atoms with E-state index < -0.39 is 11.7 Å². The van der Waals surface area contributed by atoms with Gasteiger partial charge in [-0.3, -0.25) is 15.1 Å². The fourth-order valence-electron chi connectivity index (χ4n) is 2.57. The second-order valence-electron chi connectivity index (χ2n) is 6.10. The van der Waals surface area contributed by atoms with Gasteiger partial charge in [-0.15, -0.1) is 16.4 Å². The van der Waals surface area contributed by atoms with Gasteiger partial charge in [-0.1, -0.05) is 17.3 Å². The smallest absolute Gasteiger partial charge is 0.277 e. The summed E-state index contributed by atoms with van der Waals surface area (Å²) in [5.41, 5.74) is 4.03. The summed E-state index contributed by atoms with van der Waals surface area (Å²) in [6.45, 7) is 3.93. The van der Waals surface area contributed by atoms with Crippen molar-refractivity contribution in [3.63, 3.8) is 0 Å². The number of carbonyl (C=O) groups excluding carboxylic acids is 1. The zero-order chi connectivity index (χ0) is 19.7. The lowest BCUT2D eigenvalue weighted by molar-refractivity contribution is 0.101. The Kier molecular flexibility index (Phi) is 4.66. The molecule has 0 aliphatic heterocycles. The molecule has 140 valence electrons. The van der Waals surface area contributed by atoms with Crippen LogP contribution in [0.25, 0.3) is 17.1 Å². The van der Waals surface area contributed by atoms with Gasteiger partial charge in [0.05, 0.1) is 17.6 Å². The van der Waals surface area contributed by atoms with Gasteiger partial charge in [0.2, 0.25) is 0 Å². The quantitative estimate of drug-likeness (QED) is 0.569. The van der Waals surface area contributed by atoms with Crippen molar-refractivity contribution in [1.29, 1.82) is 0 Å². The van der Waals surface area contributed by atoms with Gasteiger partial charge in [0.15, 0.2) is 10.8 Å². The molecule has 3 heterocycles. The van der Waals surface area contributed by atoms with Crippen LogP contribution in [0, 0.1) is 19.7 Å². The van der Waals surface area contributed by atoms with Crippen LogP contribution >= 0.6 is 11.3 Å². The van der Waals surface area contributed by atoms with Crippen LogP contribution in [-0.2, 0) is 0 Å². The Labute approximate surface area is 163 Å². The summed E-state index contributed by atoms with van der Waals surface area (Å²) >= 11 is 1.29. The lowest BCUT2D eigenvalue weighted by Crippen LogP contribution is -2.17. The van der Waals surface area contributed by atoms with Crippen molar-refractivity contribution in [2.75, 3.05) is 5.32 Å². The maximum Gasteiger partial charge on any atom is 0.277 e. The van der Waals surface area contributed by atoms with Crippen LogP contribution in [0.15, 0.2) is 48.0 Å². The number of nitrogens with zero attached hydrogens (tertiary/aromatic N) is 5. The highest BCUT2D eigenvalue weighted by Crippen LogP contribution is 2.25. The summed E-state index contributed by atoms with van der Waals surface area (Å²) in [7, 11) is 0. The highest BCUT2D eigenvalue weighted by atomic mass is 32.1. The second-order valence-corrected chi connectivity index (χ2v) is 6.96. The van der Waals surface area contributed by atoms with E-state index >= 15 is 0 Å². The van der Waals surface area contributed by atoms with Crippen molar-refractivity contribution in [3.8, 4) is 17.1 Å². The summed E-state index contributed by atoms with van der Waals surface area (Å²) in [5, 5.41) is 12.6. The van der Waals surface area contributed by atoms with Crippen LogP contribution in [0.3, 0.4) is 0 Å². The molecule has 7 nitrogen and oxygen atoms in total. The number of nitrogens with one attached hydrogen (secondary N) is 1. The largest absolute Gasteiger partial charge is 0.296 e. The number of anilines is 1. The van der Waals surface area contributed by atoms with Gasteiger partial charge in [-0.05, 0) is 43.7 Å². The molecule has 0 aliphatic carbocycles. The van der Waals surface area contributed by atoms with E-state index in [9.17, 15) is 9.18 Å². The van der Waals surface area contributed by atoms with E-state index in [1.54, 1.807) is 6.07 Å². The molecule has 9 heteroatoms. The topological polar surface area (TPSA) is 85.6 Å². The van der Waals surface area contributed by atoms with Crippen molar-refractivity contribution in [2.24, 2.45) is 0 Å². The molecule has 28 heavy (non-hydrogen) atoms. The monoisotopic (exact) mass is 394 g/mol. The molecular weight excluding hydrogens is 379 g/mol. The van der Waals surface area contributed by atoms with Gasteiger partial charge in [-0.2, -0.15) is 0 Å². The molecule has 1 amide bonds. The van der Waals surface area contributed by atoms with Crippen LogP contribution in [0.1, 0.15) is 21.7 Å². The summed E-state index contributed by atoms with van der Waals surface area (Å²) < 4.78 is 14.8. The lowest BCUT2D eigenvalue weighted by Gasteiger charge is -2.05. The molecule has 0 atom stereocenters. The number of benzene rings is 1. The first-order valence-electron chi connectivity index (χ1n) is 8.39. The molecule has 0 unspecified atom stereocenters. The normalized spacial score (nSPS) is 10.8. The van der Waals surface area contributed by atoms with Crippen molar-refractivity contribution in [2.45, 2.75) is 13.8 Å². The molecule has 0 saturated heterocycles. The van der Waals surface area contributed by atoms with Gasteiger partial charge in [0, 0.05) is 11.1 Å². The number of carbonyl (C=O) groups is 1. The van der Waals surface area contributed by atoms with Crippen molar-refractivity contribution >= 4 is 22.4 Å². The number of hydrogen-bond acceptors (Lipinski definition) is 6. The van der Waals surface area contributed by atoms with Crippen LogP contribution in [0.5, 0.6) is 0 Å². The molecule has 0 saturated carbocycles. The molecule has 0 spiro atoms. The van der Waals surface area contributed by atoms with E-state index in [2.05, 4.69) is 25.6 Å². The number of hydrogen-bond donors (Lipinski definition) is 1. The van der Waals surface area contributed by atoms with Crippen molar-refractivity contribution in [1.82, 2.24) is 25.0 Å². The number of rotatable bonds is 4. The Morgan fingerprint density at radius 2 is 2.00 bits per heavy atom. The molecule has 0 bridgehead atoms. The Morgan fingerprint density at radius 3 is 2.79 bits per heavy atom. The van der Waals surface area contributed by atoms with E-state index in [0.717, 1.165) is 17.0 Å². The third-order valence-electron chi connectivity index (χ3n) is 4.17. The van der Waals surface area contributed by atoms with E-state index in [1.165, 1.54) is 40.4 Å². The molecule has 1 N–H and O–H groups in total. The van der Waals surface area contributed by atoms with E-state index in [0.29, 0.717) is 16.5 Å². The molecule has 4 rings (SSSR count). The van der Waals surface area contributed by atoms with Crippen LogP contribution in [-0.4, -0.2) is 30.9 Å². The maximum atomic E-state index is 13.5. The summed E-state index contributed by atoms with van der Waals surface area (Å²) in [6.07, 6.45) is 1.32. The zero-order valence-electron chi connectivity index (χ0n) is 15.0. The highest BCUT2D eigenvalue weighted by molar-refractivity contribution is 7.14. The first-order chi connectivity index (χ1) is 13.5. The SMILES string of the molecule is Cc1ccc(-c2csc(NC(=O)c3cnnn3-c3cccc(F)c3)n2)nc1C. The van der Waals surface area contributed by atoms with E-state index in [4.69, 9.17) is 0 Å². The number of aromatic nitrogens is 5. The third-order valence-corrected chi connectivity index (χ3v) is 4.93. The highest BCUT2D eigenvalue weighted by Gasteiger charge is 2.17. The number of aryl methyl sites for hydroxylation is 2. The van der Waals surface area contributed by atoms with Crippen LogP contribution < -0.4 is 5.32 Å². The average Bonchev–Trinajstić information content (AvgIpc) is 3.33. The number of thiazole rings is 1. The molecule has 3 aromatic heterocycles. The third kappa shape index (κ3) is 3.52. The minimum atomic E-state index is -0.441. The first-order valence-corrected chi connectivity index (χ1v) is 9.27. The standard InChI is InChI=1S/C19H15FN6OS/c1-11-6-7-15(22-12(11)2)16-10-28-19(23-16)24-18(27)17-9-21-25-26(17)14-5-3-4-13(20)8-14/h3-10H,1-2H3,(H,23,24,27). The minimum absolute atomic E-state index is 0.173. The number of pyridine rings is 1.